The fourth-order valence-electron chi connectivity index (χ4n) is 2.06. The van der Waals surface area contributed by atoms with Gasteiger partial charge >= 0.3 is 0 Å². The zero-order chi connectivity index (χ0) is 12.3. The number of thiol groups is 1. The molecule has 0 bridgehead atoms. The van der Waals surface area contributed by atoms with E-state index >= 15 is 0 Å². The summed E-state index contributed by atoms with van der Waals surface area (Å²) < 4.78 is 0. The van der Waals surface area contributed by atoms with E-state index in [0.29, 0.717) is 0 Å². The van der Waals surface area contributed by atoms with E-state index in [0.717, 1.165) is 18.8 Å². The Morgan fingerprint density at radius 2 is 1.56 bits per heavy atom. The standard InChI is InChI=1S/C14H23NS/c1-10-8-11(2)13(4)14(12(10)3)9-15(5)6-7-16/h8,16H,6-7,9H2,1-5H3. The predicted octanol–water partition coefficient (Wildman–Crippen LogP) is 3.28. The molecule has 0 aliphatic rings. The zero-order valence-corrected chi connectivity index (χ0v) is 12.0. The Kier molecular flexibility index (Phi) is 4.88. The third-order valence-corrected chi connectivity index (χ3v) is 3.63. The monoisotopic (exact) mass is 237 g/mol. The van der Waals surface area contributed by atoms with Gasteiger partial charge in [0.15, 0.2) is 0 Å². The molecule has 0 fully saturated rings. The summed E-state index contributed by atoms with van der Waals surface area (Å²) in [6.45, 7) is 10.9. The first-order valence-electron chi connectivity index (χ1n) is 5.83. The van der Waals surface area contributed by atoms with Gasteiger partial charge in [-0.1, -0.05) is 6.07 Å². The number of hydrogen-bond donors (Lipinski definition) is 1. The fraction of sp³-hybridized carbons (Fsp3) is 0.571. The molecule has 1 rings (SSSR count). The second kappa shape index (κ2) is 5.74. The summed E-state index contributed by atoms with van der Waals surface area (Å²) in [5.74, 6) is 0.916. The maximum atomic E-state index is 4.28. The van der Waals surface area contributed by atoms with Gasteiger partial charge in [0.05, 0.1) is 0 Å². The van der Waals surface area contributed by atoms with E-state index < -0.39 is 0 Å². The number of hydrogen-bond acceptors (Lipinski definition) is 2. The molecular formula is C14H23NS. The van der Waals surface area contributed by atoms with Crippen molar-refractivity contribution in [3.05, 3.63) is 33.9 Å². The van der Waals surface area contributed by atoms with Gasteiger partial charge in [0.2, 0.25) is 0 Å². The lowest BCUT2D eigenvalue weighted by Gasteiger charge is -2.21. The minimum Gasteiger partial charge on any atom is -0.301 e. The lowest BCUT2D eigenvalue weighted by Crippen LogP contribution is -2.21. The summed E-state index contributed by atoms with van der Waals surface area (Å²) in [6.07, 6.45) is 0. The van der Waals surface area contributed by atoms with Gasteiger partial charge in [0.25, 0.3) is 0 Å². The highest BCUT2D eigenvalue weighted by Crippen LogP contribution is 2.22. The molecule has 0 saturated carbocycles. The average molecular weight is 237 g/mol. The number of benzene rings is 1. The molecule has 0 heterocycles. The fourth-order valence-corrected chi connectivity index (χ4v) is 2.40. The van der Waals surface area contributed by atoms with E-state index in [1.54, 1.807) is 0 Å². The molecule has 0 atom stereocenters. The molecule has 1 aromatic carbocycles. The summed E-state index contributed by atoms with van der Waals surface area (Å²) in [5.41, 5.74) is 7.17. The molecule has 1 aromatic rings. The van der Waals surface area contributed by atoms with Gasteiger partial charge in [-0.3, -0.25) is 0 Å². The van der Waals surface area contributed by atoms with Crippen molar-refractivity contribution in [3.63, 3.8) is 0 Å². The van der Waals surface area contributed by atoms with Crippen molar-refractivity contribution >= 4 is 12.6 Å². The third kappa shape index (κ3) is 3.02. The van der Waals surface area contributed by atoms with E-state index in [-0.39, 0.29) is 0 Å². The Hall–Kier alpha value is -0.470. The molecule has 0 spiro atoms. The zero-order valence-electron chi connectivity index (χ0n) is 11.1. The minimum atomic E-state index is 0.916. The van der Waals surface area contributed by atoms with Gasteiger partial charge in [-0.2, -0.15) is 12.6 Å². The molecule has 0 amide bonds. The first kappa shape index (κ1) is 13.6. The largest absolute Gasteiger partial charge is 0.301 e. The van der Waals surface area contributed by atoms with Gasteiger partial charge < -0.3 is 4.90 Å². The Bertz CT molecular complexity index is 345. The summed E-state index contributed by atoms with van der Waals surface area (Å²) in [7, 11) is 2.16. The van der Waals surface area contributed by atoms with Crippen LogP contribution in [-0.2, 0) is 6.54 Å². The Morgan fingerprint density at radius 3 is 2.00 bits per heavy atom. The van der Waals surface area contributed by atoms with Crippen LogP contribution in [0.1, 0.15) is 27.8 Å². The van der Waals surface area contributed by atoms with Crippen LogP contribution in [0.3, 0.4) is 0 Å². The number of nitrogens with zero attached hydrogens (tertiary/aromatic N) is 1. The van der Waals surface area contributed by atoms with Crippen LogP contribution < -0.4 is 0 Å². The van der Waals surface area contributed by atoms with Crippen molar-refractivity contribution in [2.75, 3.05) is 19.3 Å². The Morgan fingerprint density at radius 1 is 1.06 bits per heavy atom. The molecule has 0 aliphatic heterocycles. The molecule has 16 heavy (non-hydrogen) atoms. The summed E-state index contributed by atoms with van der Waals surface area (Å²) >= 11 is 4.28. The quantitative estimate of drug-likeness (QED) is 0.787. The molecule has 0 aromatic heterocycles. The van der Waals surface area contributed by atoms with Crippen molar-refractivity contribution in [1.82, 2.24) is 4.90 Å². The van der Waals surface area contributed by atoms with Crippen molar-refractivity contribution in [1.29, 1.82) is 0 Å². The van der Waals surface area contributed by atoms with Gasteiger partial charge in [0, 0.05) is 18.8 Å². The topological polar surface area (TPSA) is 3.24 Å². The van der Waals surface area contributed by atoms with E-state index in [1.165, 1.54) is 27.8 Å². The summed E-state index contributed by atoms with van der Waals surface area (Å²) in [4.78, 5) is 2.33. The van der Waals surface area contributed by atoms with E-state index in [9.17, 15) is 0 Å². The van der Waals surface area contributed by atoms with Gasteiger partial charge in [-0.05, 0) is 62.6 Å². The number of rotatable bonds is 4. The van der Waals surface area contributed by atoms with Crippen LogP contribution in [0.25, 0.3) is 0 Å². The van der Waals surface area contributed by atoms with Crippen LogP contribution in [0.2, 0.25) is 0 Å². The summed E-state index contributed by atoms with van der Waals surface area (Å²) in [5, 5.41) is 0. The second-order valence-corrected chi connectivity index (χ2v) is 5.15. The van der Waals surface area contributed by atoms with Crippen LogP contribution in [0, 0.1) is 27.7 Å². The van der Waals surface area contributed by atoms with Crippen LogP contribution >= 0.6 is 12.6 Å². The third-order valence-electron chi connectivity index (χ3n) is 3.43. The number of aryl methyl sites for hydroxylation is 2. The lowest BCUT2D eigenvalue weighted by atomic mass is 9.94. The van der Waals surface area contributed by atoms with Crippen LogP contribution in [0.4, 0.5) is 0 Å². The van der Waals surface area contributed by atoms with E-state index in [2.05, 4.69) is 58.3 Å². The molecule has 0 radical (unpaired) electrons. The van der Waals surface area contributed by atoms with Crippen molar-refractivity contribution in [3.8, 4) is 0 Å². The molecular weight excluding hydrogens is 214 g/mol. The summed E-state index contributed by atoms with van der Waals surface area (Å²) in [6, 6.07) is 2.28. The van der Waals surface area contributed by atoms with Crippen molar-refractivity contribution in [2.45, 2.75) is 34.2 Å². The van der Waals surface area contributed by atoms with Gasteiger partial charge in [-0.15, -0.1) is 0 Å². The van der Waals surface area contributed by atoms with Crippen LogP contribution in [0.15, 0.2) is 6.07 Å². The maximum absolute atomic E-state index is 4.28. The highest BCUT2D eigenvalue weighted by Gasteiger charge is 2.10. The molecule has 1 nitrogen and oxygen atoms in total. The molecule has 2 heteroatoms. The minimum absolute atomic E-state index is 0.916. The molecule has 0 N–H and O–H groups in total. The highest BCUT2D eigenvalue weighted by molar-refractivity contribution is 7.80. The second-order valence-electron chi connectivity index (χ2n) is 4.70. The molecule has 0 saturated heterocycles. The van der Waals surface area contributed by atoms with E-state index in [4.69, 9.17) is 0 Å². The van der Waals surface area contributed by atoms with Crippen LogP contribution in [-0.4, -0.2) is 24.2 Å². The van der Waals surface area contributed by atoms with Crippen molar-refractivity contribution < 1.29 is 0 Å². The molecule has 0 aliphatic carbocycles. The average Bonchev–Trinajstić information content (AvgIpc) is 2.22. The smallest absolute Gasteiger partial charge is 0.0236 e. The highest BCUT2D eigenvalue weighted by atomic mass is 32.1. The predicted molar refractivity (Wildman–Crippen MR) is 75.6 cm³/mol. The Labute approximate surface area is 105 Å². The van der Waals surface area contributed by atoms with Gasteiger partial charge in [0.1, 0.15) is 0 Å². The lowest BCUT2D eigenvalue weighted by molar-refractivity contribution is 0.347. The maximum Gasteiger partial charge on any atom is 0.0236 e. The first-order chi connectivity index (χ1) is 7.47. The molecule has 90 valence electrons. The molecule has 0 unspecified atom stereocenters. The normalized spacial score (nSPS) is 11.2. The van der Waals surface area contributed by atoms with Gasteiger partial charge in [-0.25, -0.2) is 0 Å². The SMILES string of the molecule is Cc1cc(C)c(C)c(CN(C)CCS)c1C. The first-order valence-corrected chi connectivity index (χ1v) is 6.46. The van der Waals surface area contributed by atoms with Crippen LogP contribution in [0.5, 0.6) is 0 Å². The van der Waals surface area contributed by atoms with Crippen molar-refractivity contribution in [2.24, 2.45) is 0 Å². The Balaban J connectivity index is 3.03. The van der Waals surface area contributed by atoms with E-state index in [1.807, 2.05) is 0 Å².